The van der Waals surface area contributed by atoms with Crippen molar-refractivity contribution in [3.63, 3.8) is 0 Å². The Hall–Kier alpha value is -1.90. The maximum atomic E-state index is 13.7. The van der Waals surface area contributed by atoms with E-state index in [1.165, 1.54) is 11.3 Å². The summed E-state index contributed by atoms with van der Waals surface area (Å²) in [5.74, 6) is 0.745. The minimum atomic E-state index is -0.0488. The lowest BCUT2D eigenvalue weighted by Crippen LogP contribution is -2.39. The molecule has 9 heteroatoms. The van der Waals surface area contributed by atoms with Gasteiger partial charge in [0.2, 0.25) is 0 Å². The van der Waals surface area contributed by atoms with Crippen LogP contribution in [-0.4, -0.2) is 61.8 Å². The highest BCUT2D eigenvalue weighted by Crippen LogP contribution is 2.34. The quantitative estimate of drug-likeness (QED) is 0.250. The standard InChI is InChI=1S/C27H34ClN3O3S.ClH/c1-3-4-5-17-34-22-9-7-21(8-10-22)26(32)31(14-6-13-30-15-18-33-19-16-30)27-29-25-20(2)23(28)11-12-24(25)35-27;/h7-12H,3-6,13-19H2,1-2H3;1H. The van der Waals surface area contributed by atoms with Crippen molar-refractivity contribution in [2.24, 2.45) is 0 Å². The number of nitrogens with zero attached hydrogens (tertiary/aromatic N) is 3. The maximum Gasteiger partial charge on any atom is 0.260 e. The molecule has 2 aromatic carbocycles. The molecule has 1 aromatic heterocycles. The molecule has 2 heterocycles. The van der Waals surface area contributed by atoms with Crippen molar-refractivity contribution in [1.29, 1.82) is 0 Å². The minimum Gasteiger partial charge on any atom is -0.494 e. The van der Waals surface area contributed by atoms with Gasteiger partial charge in [0.1, 0.15) is 5.75 Å². The predicted octanol–water partition coefficient (Wildman–Crippen LogP) is 6.62. The number of carbonyl (C=O) groups is 1. The molecular formula is C27H35Cl2N3O3S. The molecule has 0 spiro atoms. The Morgan fingerprint density at radius 1 is 1.14 bits per heavy atom. The molecule has 4 rings (SSSR count). The van der Waals surface area contributed by atoms with Crippen molar-refractivity contribution in [2.75, 3.05) is 50.9 Å². The fourth-order valence-electron chi connectivity index (χ4n) is 4.16. The van der Waals surface area contributed by atoms with E-state index >= 15 is 0 Å². The van der Waals surface area contributed by atoms with Gasteiger partial charge < -0.3 is 9.47 Å². The van der Waals surface area contributed by atoms with Gasteiger partial charge in [0.05, 0.1) is 30.0 Å². The van der Waals surface area contributed by atoms with E-state index in [1.807, 2.05) is 48.2 Å². The highest BCUT2D eigenvalue weighted by Gasteiger charge is 2.23. The van der Waals surface area contributed by atoms with Crippen LogP contribution in [-0.2, 0) is 4.74 Å². The molecule has 1 amide bonds. The summed E-state index contributed by atoms with van der Waals surface area (Å²) >= 11 is 7.86. The van der Waals surface area contributed by atoms with E-state index in [2.05, 4.69) is 11.8 Å². The number of carbonyl (C=O) groups excluding carboxylic acids is 1. The summed E-state index contributed by atoms with van der Waals surface area (Å²) in [7, 11) is 0. The van der Waals surface area contributed by atoms with Crippen LogP contribution in [0.15, 0.2) is 36.4 Å². The van der Waals surface area contributed by atoms with Gasteiger partial charge in [0.15, 0.2) is 5.13 Å². The number of unbranched alkanes of at least 4 members (excludes halogenated alkanes) is 2. The maximum absolute atomic E-state index is 13.7. The Balaban J connectivity index is 0.00000361. The number of anilines is 1. The zero-order chi connectivity index (χ0) is 24.6. The molecule has 1 fully saturated rings. The number of thiazole rings is 1. The number of halogens is 2. The van der Waals surface area contributed by atoms with E-state index in [4.69, 9.17) is 26.1 Å². The summed E-state index contributed by atoms with van der Waals surface area (Å²) in [6.07, 6.45) is 4.22. The van der Waals surface area contributed by atoms with Crippen LogP contribution in [0.4, 0.5) is 5.13 Å². The van der Waals surface area contributed by atoms with E-state index in [0.717, 1.165) is 80.1 Å². The molecule has 196 valence electrons. The Kier molecular flexibility index (Phi) is 11.3. The average Bonchev–Trinajstić information content (AvgIpc) is 3.32. The summed E-state index contributed by atoms with van der Waals surface area (Å²) in [5.41, 5.74) is 2.43. The SMILES string of the molecule is CCCCCOc1ccc(C(=O)N(CCCN2CCOCC2)c2nc3c(C)c(Cl)ccc3s2)cc1.Cl. The first-order valence-electron chi connectivity index (χ1n) is 12.5. The number of morpholine rings is 1. The highest BCUT2D eigenvalue weighted by molar-refractivity contribution is 7.22. The van der Waals surface area contributed by atoms with E-state index in [-0.39, 0.29) is 18.3 Å². The number of benzene rings is 2. The second kappa shape index (κ2) is 14.1. The van der Waals surface area contributed by atoms with Crippen molar-refractivity contribution in [1.82, 2.24) is 9.88 Å². The van der Waals surface area contributed by atoms with Gasteiger partial charge in [-0.1, -0.05) is 42.7 Å². The predicted molar refractivity (Wildman–Crippen MR) is 152 cm³/mol. The van der Waals surface area contributed by atoms with Gasteiger partial charge in [-0.25, -0.2) is 4.98 Å². The molecule has 0 radical (unpaired) electrons. The van der Waals surface area contributed by atoms with Crippen LogP contribution in [0.2, 0.25) is 5.02 Å². The molecular weight excluding hydrogens is 517 g/mol. The second-order valence-electron chi connectivity index (χ2n) is 8.86. The number of hydrogen-bond acceptors (Lipinski definition) is 6. The van der Waals surface area contributed by atoms with Crippen LogP contribution in [0.25, 0.3) is 10.2 Å². The number of ether oxygens (including phenoxy) is 2. The highest BCUT2D eigenvalue weighted by atomic mass is 35.5. The van der Waals surface area contributed by atoms with Crippen molar-refractivity contribution >= 4 is 56.6 Å². The number of aromatic nitrogens is 1. The lowest BCUT2D eigenvalue weighted by Gasteiger charge is -2.27. The van der Waals surface area contributed by atoms with Gasteiger partial charge in [-0.2, -0.15) is 0 Å². The summed E-state index contributed by atoms with van der Waals surface area (Å²) < 4.78 is 12.3. The molecule has 0 atom stereocenters. The normalized spacial score (nSPS) is 14.0. The molecule has 6 nitrogen and oxygen atoms in total. The summed E-state index contributed by atoms with van der Waals surface area (Å²) in [5, 5.41) is 1.39. The number of hydrogen-bond donors (Lipinski definition) is 0. The van der Waals surface area contributed by atoms with Gasteiger partial charge in [-0.05, 0) is 61.7 Å². The molecule has 1 saturated heterocycles. The molecule has 0 saturated carbocycles. The minimum absolute atomic E-state index is 0. The third-order valence-electron chi connectivity index (χ3n) is 6.29. The van der Waals surface area contributed by atoms with Crippen molar-refractivity contribution < 1.29 is 14.3 Å². The number of rotatable bonds is 11. The molecule has 0 N–H and O–H groups in total. The first-order chi connectivity index (χ1) is 17.1. The molecule has 0 unspecified atom stereocenters. The van der Waals surface area contributed by atoms with Gasteiger partial charge in [0.25, 0.3) is 5.91 Å². The molecule has 1 aliphatic heterocycles. The van der Waals surface area contributed by atoms with Crippen molar-refractivity contribution in [3.8, 4) is 5.75 Å². The van der Waals surface area contributed by atoms with E-state index in [1.54, 1.807) is 0 Å². The lowest BCUT2D eigenvalue weighted by molar-refractivity contribution is 0.0376. The first-order valence-corrected chi connectivity index (χ1v) is 13.7. The Morgan fingerprint density at radius 3 is 2.61 bits per heavy atom. The van der Waals surface area contributed by atoms with Crippen LogP contribution in [0.1, 0.15) is 48.5 Å². The van der Waals surface area contributed by atoms with Crippen LogP contribution in [0.5, 0.6) is 5.75 Å². The molecule has 0 bridgehead atoms. The van der Waals surface area contributed by atoms with Gasteiger partial charge >= 0.3 is 0 Å². The van der Waals surface area contributed by atoms with Gasteiger partial charge in [-0.3, -0.25) is 14.6 Å². The van der Waals surface area contributed by atoms with Crippen molar-refractivity contribution in [2.45, 2.75) is 39.5 Å². The lowest BCUT2D eigenvalue weighted by atomic mass is 10.2. The fraction of sp³-hybridized carbons (Fsp3) is 0.481. The van der Waals surface area contributed by atoms with Gasteiger partial charge in [-0.15, -0.1) is 12.4 Å². The molecule has 3 aromatic rings. The van der Waals surface area contributed by atoms with Gasteiger partial charge in [0, 0.05) is 36.8 Å². The average molecular weight is 553 g/mol. The number of aryl methyl sites for hydroxylation is 1. The third-order valence-corrected chi connectivity index (χ3v) is 7.74. The zero-order valence-electron chi connectivity index (χ0n) is 21.0. The second-order valence-corrected chi connectivity index (χ2v) is 10.3. The van der Waals surface area contributed by atoms with Crippen molar-refractivity contribution in [3.05, 3.63) is 52.5 Å². The largest absolute Gasteiger partial charge is 0.494 e. The number of amides is 1. The van der Waals surface area contributed by atoms with Crippen LogP contribution >= 0.6 is 35.3 Å². The van der Waals surface area contributed by atoms with Crippen LogP contribution in [0, 0.1) is 6.92 Å². The Morgan fingerprint density at radius 2 is 1.89 bits per heavy atom. The van der Waals surface area contributed by atoms with E-state index < -0.39 is 0 Å². The fourth-order valence-corrected chi connectivity index (χ4v) is 5.36. The summed E-state index contributed by atoms with van der Waals surface area (Å²) in [6.45, 7) is 9.78. The van der Waals surface area contributed by atoms with Crippen LogP contribution < -0.4 is 9.64 Å². The topological polar surface area (TPSA) is 54.9 Å². The molecule has 0 aliphatic carbocycles. The molecule has 36 heavy (non-hydrogen) atoms. The van der Waals surface area contributed by atoms with Crippen LogP contribution in [0.3, 0.4) is 0 Å². The smallest absolute Gasteiger partial charge is 0.260 e. The number of fused-ring (bicyclic) bond motifs is 1. The summed E-state index contributed by atoms with van der Waals surface area (Å²) in [4.78, 5) is 22.7. The summed E-state index contributed by atoms with van der Waals surface area (Å²) in [6, 6.07) is 11.3. The zero-order valence-corrected chi connectivity index (χ0v) is 23.4. The van der Waals surface area contributed by atoms with E-state index in [0.29, 0.717) is 28.9 Å². The Labute approximate surface area is 228 Å². The molecule has 1 aliphatic rings. The monoisotopic (exact) mass is 551 g/mol. The Bertz CT molecular complexity index is 1120. The first kappa shape index (κ1) is 28.7. The van der Waals surface area contributed by atoms with E-state index in [9.17, 15) is 4.79 Å². The third kappa shape index (κ3) is 7.33.